The number of carbonyl (C=O) groups is 1. The van der Waals surface area contributed by atoms with Crippen LogP contribution < -0.4 is 11.1 Å². The topological polar surface area (TPSA) is 68.0 Å². The Hall–Kier alpha value is -2.21. The maximum absolute atomic E-state index is 13.4. The minimum atomic E-state index is -0.883. The second-order valence-corrected chi connectivity index (χ2v) is 4.05. The summed E-state index contributed by atoms with van der Waals surface area (Å²) >= 11 is 5.77. The molecule has 0 atom stereocenters. The van der Waals surface area contributed by atoms with Crippen molar-refractivity contribution >= 4 is 29.0 Å². The molecule has 1 aromatic carbocycles. The predicted octanol–water partition coefficient (Wildman–Crippen LogP) is 2.85. The third-order valence-corrected chi connectivity index (χ3v) is 2.62. The van der Waals surface area contributed by atoms with E-state index in [1.54, 1.807) is 0 Å². The van der Waals surface area contributed by atoms with Gasteiger partial charge in [-0.1, -0.05) is 17.7 Å². The van der Waals surface area contributed by atoms with E-state index < -0.39 is 23.2 Å². The Morgan fingerprint density at radius 2 is 1.95 bits per heavy atom. The van der Waals surface area contributed by atoms with Gasteiger partial charge in [-0.3, -0.25) is 4.79 Å². The molecule has 1 aromatic heterocycles. The number of hydrogen-bond donors (Lipinski definition) is 2. The molecule has 1 amide bonds. The summed E-state index contributed by atoms with van der Waals surface area (Å²) in [4.78, 5) is 15.6. The Kier molecular flexibility index (Phi) is 3.62. The first-order valence-corrected chi connectivity index (χ1v) is 5.53. The fourth-order valence-electron chi connectivity index (χ4n) is 1.43. The molecular formula is C12H8ClF2N3O. The molecule has 0 radical (unpaired) electrons. The highest BCUT2D eigenvalue weighted by molar-refractivity contribution is 6.34. The predicted molar refractivity (Wildman–Crippen MR) is 68.0 cm³/mol. The molecule has 0 aliphatic carbocycles. The van der Waals surface area contributed by atoms with Gasteiger partial charge in [0.05, 0.1) is 10.6 Å². The highest BCUT2D eigenvalue weighted by atomic mass is 35.5. The van der Waals surface area contributed by atoms with Gasteiger partial charge in [0.1, 0.15) is 23.1 Å². The fraction of sp³-hybridized carbons (Fsp3) is 0. The number of pyridine rings is 1. The number of nitrogen functional groups attached to an aromatic ring is 1. The molecule has 7 heteroatoms. The highest BCUT2D eigenvalue weighted by Crippen LogP contribution is 2.22. The first-order valence-electron chi connectivity index (χ1n) is 5.15. The lowest BCUT2D eigenvalue weighted by Gasteiger charge is -2.08. The number of nitrogens with two attached hydrogens (primary N) is 1. The largest absolute Gasteiger partial charge is 0.384 e. The number of carbonyl (C=O) groups excluding carboxylic acids is 1. The Bertz CT molecular complexity index is 629. The molecule has 0 spiro atoms. The Balaban J connectivity index is 2.34. The molecule has 0 unspecified atom stereocenters. The summed E-state index contributed by atoms with van der Waals surface area (Å²) in [6.07, 6.45) is 1.18. The molecule has 1 heterocycles. The van der Waals surface area contributed by atoms with Crippen molar-refractivity contribution in [3.63, 3.8) is 0 Å². The van der Waals surface area contributed by atoms with E-state index >= 15 is 0 Å². The van der Waals surface area contributed by atoms with Crippen LogP contribution >= 0.6 is 11.6 Å². The van der Waals surface area contributed by atoms with Gasteiger partial charge < -0.3 is 11.1 Å². The molecule has 2 aromatic rings. The van der Waals surface area contributed by atoms with Crippen molar-refractivity contribution in [2.75, 3.05) is 11.1 Å². The summed E-state index contributed by atoms with van der Waals surface area (Å²) in [6, 6.07) is 4.47. The molecule has 0 bridgehead atoms. The van der Waals surface area contributed by atoms with Crippen LogP contribution in [0.2, 0.25) is 5.02 Å². The van der Waals surface area contributed by atoms with Crippen LogP contribution in [0.4, 0.5) is 20.3 Å². The molecule has 0 aliphatic heterocycles. The quantitative estimate of drug-likeness (QED) is 0.890. The number of halogens is 3. The third kappa shape index (κ3) is 2.79. The molecule has 0 saturated carbocycles. The van der Waals surface area contributed by atoms with E-state index in [2.05, 4.69) is 10.3 Å². The maximum atomic E-state index is 13.4. The minimum absolute atomic E-state index is 0.0168. The van der Waals surface area contributed by atoms with Crippen molar-refractivity contribution in [2.45, 2.75) is 0 Å². The van der Waals surface area contributed by atoms with Crippen LogP contribution in [0, 0.1) is 11.6 Å². The molecular weight excluding hydrogens is 276 g/mol. The van der Waals surface area contributed by atoms with Crippen molar-refractivity contribution < 1.29 is 13.6 Å². The van der Waals surface area contributed by atoms with Crippen molar-refractivity contribution in [3.05, 3.63) is 52.7 Å². The van der Waals surface area contributed by atoms with Gasteiger partial charge in [-0.2, -0.15) is 0 Å². The summed E-state index contributed by atoms with van der Waals surface area (Å²) in [7, 11) is 0. The van der Waals surface area contributed by atoms with Crippen molar-refractivity contribution in [1.29, 1.82) is 0 Å². The SMILES string of the molecule is Nc1cc(C(=O)Nc2c(F)cccc2F)c(Cl)cn1. The van der Waals surface area contributed by atoms with E-state index in [0.29, 0.717) is 0 Å². The average Bonchev–Trinajstić information content (AvgIpc) is 2.37. The van der Waals surface area contributed by atoms with E-state index in [0.717, 1.165) is 12.1 Å². The van der Waals surface area contributed by atoms with Gasteiger partial charge in [-0.05, 0) is 18.2 Å². The second-order valence-electron chi connectivity index (χ2n) is 3.64. The standard InChI is InChI=1S/C12H8ClF2N3O/c13-7-5-17-10(16)4-6(7)12(19)18-11-8(14)2-1-3-9(11)15/h1-5H,(H2,16,17)(H,18,19). The molecule has 19 heavy (non-hydrogen) atoms. The number of nitrogens with one attached hydrogen (secondary N) is 1. The minimum Gasteiger partial charge on any atom is -0.384 e. The maximum Gasteiger partial charge on any atom is 0.257 e. The Labute approximate surface area is 112 Å². The molecule has 0 aliphatic rings. The van der Waals surface area contributed by atoms with Gasteiger partial charge in [0.2, 0.25) is 0 Å². The van der Waals surface area contributed by atoms with Crippen LogP contribution in [-0.2, 0) is 0 Å². The summed E-state index contributed by atoms with van der Waals surface area (Å²) < 4.78 is 26.8. The number of para-hydroxylation sites is 1. The smallest absolute Gasteiger partial charge is 0.257 e. The van der Waals surface area contributed by atoms with Gasteiger partial charge in [0, 0.05) is 6.20 Å². The monoisotopic (exact) mass is 283 g/mol. The number of rotatable bonds is 2. The molecule has 2 rings (SSSR count). The van der Waals surface area contributed by atoms with E-state index in [4.69, 9.17) is 17.3 Å². The Morgan fingerprint density at radius 1 is 1.32 bits per heavy atom. The molecule has 98 valence electrons. The van der Waals surface area contributed by atoms with Crippen molar-refractivity contribution in [2.24, 2.45) is 0 Å². The molecule has 0 saturated heterocycles. The molecule has 4 nitrogen and oxygen atoms in total. The lowest BCUT2D eigenvalue weighted by Crippen LogP contribution is -2.15. The lowest BCUT2D eigenvalue weighted by atomic mass is 10.2. The van der Waals surface area contributed by atoms with E-state index in [-0.39, 0.29) is 16.4 Å². The van der Waals surface area contributed by atoms with Gasteiger partial charge in [0.15, 0.2) is 0 Å². The lowest BCUT2D eigenvalue weighted by molar-refractivity contribution is 0.102. The van der Waals surface area contributed by atoms with Crippen molar-refractivity contribution in [3.8, 4) is 0 Å². The molecule has 0 fully saturated rings. The highest BCUT2D eigenvalue weighted by Gasteiger charge is 2.16. The number of nitrogens with zero attached hydrogens (tertiary/aromatic N) is 1. The molecule has 3 N–H and O–H groups in total. The fourth-order valence-corrected chi connectivity index (χ4v) is 1.62. The number of hydrogen-bond acceptors (Lipinski definition) is 3. The van der Waals surface area contributed by atoms with Crippen molar-refractivity contribution in [1.82, 2.24) is 4.98 Å². The summed E-state index contributed by atoms with van der Waals surface area (Å²) in [5.41, 5.74) is 4.86. The van der Waals surface area contributed by atoms with Gasteiger partial charge in [-0.25, -0.2) is 13.8 Å². The Morgan fingerprint density at radius 3 is 2.58 bits per heavy atom. The number of benzene rings is 1. The van der Waals surface area contributed by atoms with Crippen LogP contribution in [0.1, 0.15) is 10.4 Å². The number of aromatic nitrogens is 1. The number of amides is 1. The summed E-state index contributed by atoms with van der Waals surface area (Å²) in [5.74, 6) is -2.47. The first kappa shape index (κ1) is 13.2. The van der Waals surface area contributed by atoms with Crippen LogP contribution in [0.5, 0.6) is 0 Å². The average molecular weight is 284 g/mol. The third-order valence-electron chi connectivity index (χ3n) is 2.32. The van der Waals surface area contributed by atoms with Crippen LogP contribution in [-0.4, -0.2) is 10.9 Å². The van der Waals surface area contributed by atoms with Crippen LogP contribution in [0.15, 0.2) is 30.5 Å². The number of anilines is 2. The first-order chi connectivity index (χ1) is 8.99. The second kappa shape index (κ2) is 5.19. The van der Waals surface area contributed by atoms with Gasteiger partial charge >= 0.3 is 0 Å². The zero-order chi connectivity index (χ0) is 14.0. The summed E-state index contributed by atoms with van der Waals surface area (Å²) in [6.45, 7) is 0. The van der Waals surface area contributed by atoms with Gasteiger partial charge in [-0.15, -0.1) is 0 Å². The van der Waals surface area contributed by atoms with Crippen LogP contribution in [0.3, 0.4) is 0 Å². The van der Waals surface area contributed by atoms with E-state index in [1.807, 2.05) is 0 Å². The van der Waals surface area contributed by atoms with Crippen LogP contribution in [0.25, 0.3) is 0 Å². The van der Waals surface area contributed by atoms with Gasteiger partial charge in [0.25, 0.3) is 5.91 Å². The summed E-state index contributed by atoms with van der Waals surface area (Å²) in [5, 5.41) is 2.14. The normalized spacial score (nSPS) is 10.3. The van der Waals surface area contributed by atoms with E-state index in [1.165, 1.54) is 18.3 Å². The zero-order valence-corrected chi connectivity index (χ0v) is 10.2. The van der Waals surface area contributed by atoms with E-state index in [9.17, 15) is 13.6 Å². The zero-order valence-electron chi connectivity index (χ0n) is 9.45.